The molecule has 1 saturated carbocycles. The lowest BCUT2D eigenvalue weighted by Gasteiger charge is -2.47. The highest BCUT2D eigenvalue weighted by Gasteiger charge is 2.49. The van der Waals surface area contributed by atoms with E-state index in [0.717, 1.165) is 0 Å². The van der Waals surface area contributed by atoms with Crippen molar-refractivity contribution in [1.82, 2.24) is 5.32 Å². The highest BCUT2D eigenvalue weighted by Crippen LogP contribution is 2.36. The Kier molecular flexibility index (Phi) is 4.00. The number of carbonyl (C=O) groups excluding carboxylic acids is 1. The number of aliphatic hydroxyl groups is 2. The summed E-state index contributed by atoms with van der Waals surface area (Å²) in [7, 11) is 0. The standard InChI is InChI=1S/C9H15F3N2O3/c10-9(11,12)7(17)14-8(1-5(13)2-8)3-6(16)4-15/h5-6,15-16H,1-4,13H2,(H,14,17). The molecule has 1 fully saturated rings. The molecule has 0 spiro atoms. The number of carbonyl (C=O) groups is 1. The first-order chi connectivity index (χ1) is 7.68. The molecule has 0 radical (unpaired) electrons. The van der Waals surface area contributed by atoms with Crippen LogP contribution < -0.4 is 11.1 Å². The van der Waals surface area contributed by atoms with Crippen molar-refractivity contribution in [3.8, 4) is 0 Å². The lowest BCUT2D eigenvalue weighted by Crippen LogP contribution is -2.64. The predicted molar refractivity (Wildman–Crippen MR) is 51.8 cm³/mol. The monoisotopic (exact) mass is 256 g/mol. The van der Waals surface area contributed by atoms with E-state index in [0.29, 0.717) is 0 Å². The lowest BCUT2D eigenvalue weighted by atomic mass is 9.69. The normalized spacial score (nSPS) is 30.6. The van der Waals surface area contributed by atoms with Gasteiger partial charge in [0.25, 0.3) is 0 Å². The minimum atomic E-state index is -4.96. The number of nitrogens with one attached hydrogen (secondary N) is 1. The van der Waals surface area contributed by atoms with Gasteiger partial charge in [-0.3, -0.25) is 4.79 Å². The third-order valence-electron chi connectivity index (χ3n) is 2.78. The van der Waals surface area contributed by atoms with E-state index >= 15 is 0 Å². The Labute approximate surface area is 95.8 Å². The highest BCUT2D eigenvalue weighted by molar-refractivity contribution is 5.82. The van der Waals surface area contributed by atoms with E-state index in [-0.39, 0.29) is 25.3 Å². The Hall–Kier alpha value is -0.860. The van der Waals surface area contributed by atoms with E-state index in [1.54, 1.807) is 0 Å². The maximum absolute atomic E-state index is 12.1. The summed E-state index contributed by atoms with van der Waals surface area (Å²) in [6, 6.07) is -0.297. The molecule has 0 aromatic carbocycles. The summed E-state index contributed by atoms with van der Waals surface area (Å²) in [5.41, 5.74) is 4.32. The van der Waals surface area contributed by atoms with E-state index in [4.69, 9.17) is 10.8 Å². The number of alkyl halides is 3. The number of amides is 1. The van der Waals surface area contributed by atoms with Gasteiger partial charge < -0.3 is 21.3 Å². The average Bonchev–Trinajstić information content (AvgIpc) is 2.13. The van der Waals surface area contributed by atoms with Crippen LogP contribution in [0.5, 0.6) is 0 Å². The van der Waals surface area contributed by atoms with Gasteiger partial charge in [-0.1, -0.05) is 0 Å². The Morgan fingerprint density at radius 3 is 2.41 bits per heavy atom. The van der Waals surface area contributed by atoms with Crippen molar-refractivity contribution < 1.29 is 28.2 Å². The van der Waals surface area contributed by atoms with Crippen LogP contribution in [0.4, 0.5) is 13.2 Å². The first-order valence-electron chi connectivity index (χ1n) is 5.12. The Morgan fingerprint density at radius 2 is 2.06 bits per heavy atom. The predicted octanol–water partition coefficient (Wildman–Crippen LogP) is -0.732. The van der Waals surface area contributed by atoms with Crippen molar-refractivity contribution >= 4 is 5.91 Å². The lowest BCUT2D eigenvalue weighted by molar-refractivity contribution is -0.177. The Morgan fingerprint density at radius 1 is 1.53 bits per heavy atom. The van der Waals surface area contributed by atoms with Crippen LogP contribution in [-0.4, -0.2) is 46.6 Å². The zero-order valence-corrected chi connectivity index (χ0v) is 9.00. The van der Waals surface area contributed by atoms with Crippen LogP contribution in [0.25, 0.3) is 0 Å². The first kappa shape index (κ1) is 14.2. The van der Waals surface area contributed by atoms with E-state index in [1.807, 2.05) is 5.32 Å². The SMILES string of the molecule is NC1CC(CC(O)CO)(NC(=O)C(F)(F)F)C1. The molecule has 1 amide bonds. The van der Waals surface area contributed by atoms with Crippen molar-refractivity contribution in [2.75, 3.05) is 6.61 Å². The van der Waals surface area contributed by atoms with E-state index in [9.17, 15) is 23.1 Å². The smallest absolute Gasteiger partial charge is 0.394 e. The summed E-state index contributed by atoms with van der Waals surface area (Å²) >= 11 is 0. The van der Waals surface area contributed by atoms with Crippen LogP contribution in [0.15, 0.2) is 0 Å². The molecule has 0 aromatic rings. The van der Waals surface area contributed by atoms with Gasteiger partial charge in [-0.15, -0.1) is 0 Å². The molecule has 0 bridgehead atoms. The van der Waals surface area contributed by atoms with E-state index < -0.39 is 30.3 Å². The average molecular weight is 256 g/mol. The molecular weight excluding hydrogens is 241 g/mol. The zero-order valence-electron chi connectivity index (χ0n) is 9.00. The van der Waals surface area contributed by atoms with Gasteiger partial charge in [0.05, 0.1) is 12.7 Å². The third-order valence-corrected chi connectivity index (χ3v) is 2.78. The van der Waals surface area contributed by atoms with Gasteiger partial charge in [-0.25, -0.2) is 0 Å². The van der Waals surface area contributed by atoms with Crippen molar-refractivity contribution in [3.63, 3.8) is 0 Å². The van der Waals surface area contributed by atoms with Crippen LogP contribution in [0, 0.1) is 0 Å². The molecule has 0 saturated heterocycles. The fraction of sp³-hybridized carbons (Fsp3) is 0.889. The van der Waals surface area contributed by atoms with Gasteiger partial charge in [0.1, 0.15) is 0 Å². The molecular formula is C9H15F3N2O3. The first-order valence-corrected chi connectivity index (χ1v) is 5.12. The molecule has 17 heavy (non-hydrogen) atoms. The second kappa shape index (κ2) is 4.79. The van der Waals surface area contributed by atoms with E-state index in [1.165, 1.54) is 0 Å². The number of hydrogen-bond donors (Lipinski definition) is 4. The van der Waals surface area contributed by atoms with Gasteiger partial charge in [0, 0.05) is 11.6 Å². The van der Waals surface area contributed by atoms with Gasteiger partial charge in [-0.2, -0.15) is 13.2 Å². The maximum Gasteiger partial charge on any atom is 0.471 e. The number of rotatable bonds is 4. The molecule has 5 N–H and O–H groups in total. The number of halogens is 3. The summed E-state index contributed by atoms with van der Waals surface area (Å²) in [6.07, 6.45) is -5.95. The summed E-state index contributed by atoms with van der Waals surface area (Å²) < 4.78 is 36.3. The molecule has 0 aliphatic heterocycles. The maximum atomic E-state index is 12.1. The molecule has 8 heteroatoms. The minimum Gasteiger partial charge on any atom is -0.394 e. The van der Waals surface area contributed by atoms with Crippen LogP contribution in [0.3, 0.4) is 0 Å². The van der Waals surface area contributed by atoms with Crippen molar-refractivity contribution in [2.45, 2.75) is 43.1 Å². The Balaban J connectivity index is 2.64. The van der Waals surface area contributed by atoms with Crippen LogP contribution >= 0.6 is 0 Å². The second-order valence-corrected chi connectivity index (χ2v) is 4.44. The summed E-state index contributed by atoms with van der Waals surface area (Å²) in [5, 5.41) is 19.7. The van der Waals surface area contributed by atoms with Crippen LogP contribution in [-0.2, 0) is 4.79 Å². The number of aliphatic hydroxyl groups excluding tert-OH is 2. The molecule has 0 heterocycles. The molecule has 1 aliphatic carbocycles. The van der Waals surface area contributed by atoms with Gasteiger partial charge in [-0.05, 0) is 19.3 Å². The highest BCUT2D eigenvalue weighted by atomic mass is 19.4. The molecule has 1 unspecified atom stereocenters. The zero-order chi connectivity index (χ0) is 13.3. The van der Waals surface area contributed by atoms with Gasteiger partial charge in [0.15, 0.2) is 0 Å². The Bertz CT molecular complexity index is 290. The van der Waals surface area contributed by atoms with E-state index in [2.05, 4.69) is 0 Å². The van der Waals surface area contributed by atoms with Crippen molar-refractivity contribution in [3.05, 3.63) is 0 Å². The number of nitrogens with two attached hydrogens (primary N) is 1. The van der Waals surface area contributed by atoms with Crippen molar-refractivity contribution in [1.29, 1.82) is 0 Å². The molecule has 5 nitrogen and oxygen atoms in total. The fourth-order valence-corrected chi connectivity index (χ4v) is 2.09. The molecule has 1 atom stereocenters. The fourth-order valence-electron chi connectivity index (χ4n) is 2.09. The summed E-state index contributed by atoms with van der Waals surface area (Å²) in [5.74, 6) is -2.05. The summed E-state index contributed by atoms with van der Waals surface area (Å²) in [6.45, 7) is -0.571. The van der Waals surface area contributed by atoms with Crippen LogP contribution in [0.1, 0.15) is 19.3 Å². The number of hydrogen-bond acceptors (Lipinski definition) is 4. The molecule has 1 rings (SSSR count). The van der Waals surface area contributed by atoms with Crippen LogP contribution in [0.2, 0.25) is 0 Å². The molecule has 100 valence electrons. The summed E-state index contributed by atoms with van der Waals surface area (Å²) in [4.78, 5) is 10.8. The van der Waals surface area contributed by atoms with Gasteiger partial charge >= 0.3 is 12.1 Å². The molecule has 0 aromatic heterocycles. The largest absolute Gasteiger partial charge is 0.471 e. The molecule has 1 aliphatic rings. The van der Waals surface area contributed by atoms with Gasteiger partial charge in [0.2, 0.25) is 0 Å². The second-order valence-electron chi connectivity index (χ2n) is 4.44. The minimum absolute atomic E-state index is 0.140. The quantitative estimate of drug-likeness (QED) is 0.533. The topological polar surface area (TPSA) is 95.6 Å². The third kappa shape index (κ3) is 3.55. The van der Waals surface area contributed by atoms with Crippen molar-refractivity contribution in [2.24, 2.45) is 5.73 Å².